The number of thiocarbonyl (C=S) groups is 1. The minimum atomic E-state index is -0.119. The van der Waals surface area contributed by atoms with Crippen LogP contribution in [0.5, 0.6) is 5.75 Å². The minimum Gasteiger partial charge on any atom is -0.495 e. The van der Waals surface area contributed by atoms with Crippen LogP contribution in [0.3, 0.4) is 0 Å². The van der Waals surface area contributed by atoms with Gasteiger partial charge in [-0.25, -0.2) is 0 Å². The Hall–Kier alpha value is -2.61. The summed E-state index contributed by atoms with van der Waals surface area (Å²) >= 11 is 12.9. The van der Waals surface area contributed by atoms with E-state index in [-0.39, 0.29) is 5.91 Å². The number of methoxy groups -OCH3 is 1. The van der Waals surface area contributed by atoms with E-state index in [1.54, 1.807) is 36.4 Å². The van der Waals surface area contributed by atoms with Crippen molar-refractivity contribution in [1.29, 1.82) is 0 Å². The topological polar surface area (TPSA) is 55.6 Å². The maximum Gasteiger partial charge on any atom is 0.266 e. The van der Waals surface area contributed by atoms with Crippen LogP contribution < -0.4 is 4.74 Å². The number of hydrogen-bond donors (Lipinski definition) is 0. The molecule has 0 saturated carbocycles. The Balaban J connectivity index is 1.48. The molecule has 152 valence electrons. The first kappa shape index (κ1) is 20.7. The van der Waals surface area contributed by atoms with Crippen molar-refractivity contribution >= 4 is 51.9 Å². The number of benzene rings is 1. The molecule has 1 saturated heterocycles. The van der Waals surface area contributed by atoms with Crippen LogP contribution in [0.4, 0.5) is 0 Å². The molecular formula is C22H17ClN2O3S2. The van der Waals surface area contributed by atoms with Crippen molar-refractivity contribution in [3.05, 3.63) is 76.1 Å². The number of carbonyl (C=O) groups is 1. The molecule has 3 heterocycles. The average Bonchev–Trinajstić information content (AvgIpc) is 3.32. The van der Waals surface area contributed by atoms with E-state index in [0.29, 0.717) is 44.5 Å². The van der Waals surface area contributed by atoms with Crippen molar-refractivity contribution in [2.24, 2.45) is 0 Å². The van der Waals surface area contributed by atoms with E-state index in [4.69, 9.17) is 33.0 Å². The molecule has 2 aromatic heterocycles. The van der Waals surface area contributed by atoms with Gasteiger partial charge in [0.25, 0.3) is 5.91 Å². The smallest absolute Gasteiger partial charge is 0.266 e. The molecular weight excluding hydrogens is 440 g/mol. The molecule has 1 fully saturated rings. The van der Waals surface area contributed by atoms with Crippen molar-refractivity contribution in [3.8, 4) is 17.1 Å². The molecule has 1 aromatic carbocycles. The van der Waals surface area contributed by atoms with Gasteiger partial charge in [0.15, 0.2) is 0 Å². The highest BCUT2D eigenvalue weighted by atomic mass is 35.5. The maximum atomic E-state index is 12.8. The molecule has 0 aliphatic carbocycles. The van der Waals surface area contributed by atoms with E-state index in [1.807, 2.05) is 36.4 Å². The summed E-state index contributed by atoms with van der Waals surface area (Å²) in [4.78, 5) is 19.2. The van der Waals surface area contributed by atoms with Crippen LogP contribution in [-0.4, -0.2) is 33.8 Å². The number of rotatable bonds is 6. The SMILES string of the molecule is COc1ccc(-c2ccc(/C=C3\SC(=S)N(CCc4ccccn4)C3=O)o2)cc1Cl. The molecule has 8 heteroatoms. The molecule has 30 heavy (non-hydrogen) atoms. The fourth-order valence-electron chi connectivity index (χ4n) is 3.00. The Morgan fingerprint density at radius 3 is 2.87 bits per heavy atom. The second kappa shape index (κ2) is 9.04. The highest BCUT2D eigenvalue weighted by Gasteiger charge is 2.32. The summed E-state index contributed by atoms with van der Waals surface area (Å²) in [5, 5.41) is 0.502. The fraction of sp³-hybridized carbons (Fsp3) is 0.136. The summed E-state index contributed by atoms with van der Waals surface area (Å²) < 4.78 is 11.6. The Morgan fingerprint density at radius 2 is 2.13 bits per heavy atom. The van der Waals surface area contributed by atoms with E-state index >= 15 is 0 Å². The van der Waals surface area contributed by atoms with Gasteiger partial charge < -0.3 is 9.15 Å². The lowest BCUT2D eigenvalue weighted by atomic mass is 10.2. The number of carbonyl (C=O) groups excluding carboxylic acids is 1. The number of furan rings is 1. The number of nitrogens with zero attached hydrogens (tertiary/aromatic N) is 2. The number of halogens is 1. The molecule has 5 nitrogen and oxygen atoms in total. The van der Waals surface area contributed by atoms with Crippen LogP contribution in [-0.2, 0) is 11.2 Å². The van der Waals surface area contributed by atoms with Crippen molar-refractivity contribution in [2.45, 2.75) is 6.42 Å². The summed E-state index contributed by atoms with van der Waals surface area (Å²) in [5.74, 6) is 1.70. The molecule has 1 amide bonds. The second-order valence-corrected chi connectivity index (χ2v) is 8.54. The predicted octanol–water partition coefficient (Wildman–Crippen LogP) is 5.45. The molecule has 0 bridgehead atoms. The van der Waals surface area contributed by atoms with Gasteiger partial charge in [0, 0.05) is 36.5 Å². The zero-order chi connectivity index (χ0) is 21.1. The highest BCUT2D eigenvalue weighted by Crippen LogP contribution is 2.35. The zero-order valence-corrected chi connectivity index (χ0v) is 18.4. The lowest BCUT2D eigenvalue weighted by Crippen LogP contribution is -2.30. The lowest BCUT2D eigenvalue weighted by Gasteiger charge is -2.13. The Morgan fingerprint density at radius 1 is 1.27 bits per heavy atom. The van der Waals surface area contributed by atoms with Crippen LogP contribution in [0, 0.1) is 0 Å². The van der Waals surface area contributed by atoms with E-state index < -0.39 is 0 Å². The second-order valence-electron chi connectivity index (χ2n) is 6.46. The fourth-order valence-corrected chi connectivity index (χ4v) is 4.55. The minimum absolute atomic E-state index is 0.119. The molecule has 0 spiro atoms. The Bertz CT molecular complexity index is 1130. The highest BCUT2D eigenvalue weighted by molar-refractivity contribution is 8.26. The molecule has 0 radical (unpaired) electrons. The Kier molecular flexibility index (Phi) is 6.22. The molecule has 0 atom stereocenters. The predicted molar refractivity (Wildman–Crippen MR) is 124 cm³/mol. The van der Waals surface area contributed by atoms with Gasteiger partial charge in [0.05, 0.1) is 17.0 Å². The van der Waals surface area contributed by atoms with Crippen molar-refractivity contribution in [1.82, 2.24) is 9.88 Å². The molecule has 3 aromatic rings. The van der Waals surface area contributed by atoms with Gasteiger partial charge in [-0.15, -0.1) is 0 Å². The van der Waals surface area contributed by atoms with Crippen LogP contribution in [0.15, 0.2) is 64.1 Å². The van der Waals surface area contributed by atoms with Gasteiger partial charge in [-0.2, -0.15) is 0 Å². The van der Waals surface area contributed by atoms with Crippen molar-refractivity contribution in [3.63, 3.8) is 0 Å². The lowest BCUT2D eigenvalue weighted by molar-refractivity contribution is -0.122. The standard InChI is InChI=1S/C22H17ClN2O3S2/c1-27-19-7-5-14(12-17(19)23)18-8-6-16(28-18)13-20-21(26)25(22(29)30-20)11-9-15-4-2-3-10-24-15/h2-8,10,12-13H,9,11H2,1H3/b20-13-. The number of thioether (sulfide) groups is 1. The molecule has 1 aliphatic rings. The number of pyridine rings is 1. The molecule has 0 unspecified atom stereocenters. The quantitative estimate of drug-likeness (QED) is 0.363. The van der Waals surface area contributed by atoms with Gasteiger partial charge in [-0.05, 0) is 42.5 Å². The molecule has 4 rings (SSSR count). The van der Waals surface area contributed by atoms with Crippen LogP contribution in [0.1, 0.15) is 11.5 Å². The molecule has 0 N–H and O–H groups in total. The monoisotopic (exact) mass is 456 g/mol. The van der Waals surface area contributed by atoms with Crippen LogP contribution in [0.2, 0.25) is 5.02 Å². The third-order valence-corrected chi connectivity index (χ3v) is 6.20. The first-order chi connectivity index (χ1) is 14.5. The van der Waals surface area contributed by atoms with Gasteiger partial charge >= 0.3 is 0 Å². The number of ether oxygens (including phenoxy) is 1. The third-order valence-electron chi connectivity index (χ3n) is 4.53. The first-order valence-corrected chi connectivity index (χ1v) is 10.7. The summed E-state index contributed by atoms with van der Waals surface area (Å²) in [7, 11) is 1.57. The summed E-state index contributed by atoms with van der Waals surface area (Å²) in [6.07, 6.45) is 4.10. The van der Waals surface area contributed by atoms with E-state index in [0.717, 1.165) is 11.3 Å². The summed E-state index contributed by atoms with van der Waals surface area (Å²) in [5.41, 5.74) is 1.74. The number of amides is 1. The normalized spacial score (nSPS) is 15.3. The summed E-state index contributed by atoms with van der Waals surface area (Å²) in [6.45, 7) is 0.493. The van der Waals surface area contributed by atoms with Crippen molar-refractivity contribution in [2.75, 3.05) is 13.7 Å². The van der Waals surface area contributed by atoms with E-state index in [9.17, 15) is 4.79 Å². The van der Waals surface area contributed by atoms with Gasteiger partial charge in [-0.3, -0.25) is 14.7 Å². The van der Waals surface area contributed by atoms with Crippen molar-refractivity contribution < 1.29 is 13.9 Å². The average molecular weight is 457 g/mol. The van der Waals surface area contributed by atoms with Gasteiger partial charge in [0.1, 0.15) is 21.6 Å². The zero-order valence-electron chi connectivity index (χ0n) is 16.0. The largest absolute Gasteiger partial charge is 0.495 e. The maximum absolute atomic E-state index is 12.8. The summed E-state index contributed by atoms with van der Waals surface area (Å²) in [6, 6.07) is 14.8. The van der Waals surface area contributed by atoms with Gasteiger partial charge in [-0.1, -0.05) is 41.6 Å². The number of hydrogen-bond acceptors (Lipinski definition) is 6. The van der Waals surface area contributed by atoms with E-state index in [2.05, 4.69) is 4.98 Å². The van der Waals surface area contributed by atoms with Gasteiger partial charge in [0.2, 0.25) is 0 Å². The number of aromatic nitrogens is 1. The first-order valence-electron chi connectivity index (χ1n) is 9.14. The van der Waals surface area contributed by atoms with Crippen LogP contribution >= 0.6 is 35.6 Å². The molecule has 1 aliphatic heterocycles. The Labute approximate surface area is 188 Å². The van der Waals surface area contributed by atoms with E-state index in [1.165, 1.54) is 11.8 Å². The van der Waals surface area contributed by atoms with Crippen LogP contribution in [0.25, 0.3) is 17.4 Å². The third kappa shape index (κ3) is 4.43.